The Morgan fingerprint density at radius 1 is 0.463 bits per heavy atom. The van der Waals surface area contributed by atoms with Gasteiger partial charge in [0.15, 0.2) is 0 Å². The van der Waals surface area contributed by atoms with E-state index in [1.807, 2.05) is 12.1 Å². The molecule has 0 aliphatic carbocycles. The van der Waals surface area contributed by atoms with Crippen molar-refractivity contribution in [3.8, 4) is 22.3 Å². The summed E-state index contributed by atoms with van der Waals surface area (Å²) in [5.74, 6) is 0. The third-order valence-corrected chi connectivity index (χ3v) is 8.67. The molecule has 0 N–H and O–H groups in total. The van der Waals surface area contributed by atoms with Crippen LogP contribution in [0.3, 0.4) is 0 Å². The average molecular weight is 528 g/mol. The Morgan fingerprint density at radius 2 is 1.07 bits per heavy atom. The highest BCUT2D eigenvalue weighted by Crippen LogP contribution is 2.52. The molecule has 0 atom stereocenters. The molecule has 0 unspecified atom stereocenters. The lowest BCUT2D eigenvalue weighted by Crippen LogP contribution is -2.30. The van der Waals surface area contributed by atoms with Gasteiger partial charge in [0.1, 0.15) is 11.2 Å². The SMILES string of the molecule is CC1(C)c2ccccc2N(c2ccc(-c3ccccc3)cc2)c2ccc(-c3ccc4oc5ccccc5c4c3)cc21. The Bertz CT molecular complexity index is 2070. The van der Waals surface area contributed by atoms with Gasteiger partial charge in [0, 0.05) is 21.9 Å². The van der Waals surface area contributed by atoms with E-state index < -0.39 is 0 Å². The lowest BCUT2D eigenvalue weighted by molar-refractivity contribution is 0.632. The van der Waals surface area contributed by atoms with Gasteiger partial charge in [-0.2, -0.15) is 0 Å². The zero-order chi connectivity index (χ0) is 27.6. The molecule has 0 bridgehead atoms. The van der Waals surface area contributed by atoms with Crippen LogP contribution in [0.5, 0.6) is 0 Å². The summed E-state index contributed by atoms with van der Waals surface area (Å²) < 4.78 is 6.10. The van der Waals surface area contributed by atoms with Gasteiger partial charge in [-0.05, 0) is 81.9 Å². The van der Waals surface area contributed by atoms with Gasteiger partial charge in [-0.25, -0.2) is 0 Å². The Balaban J connectivity index is 1.27. The molecule has 0 saturated heterocycles. The van der Waals surface area contributed by atoms with E-state index in [1.165, 1.54) is 44.8 Å². The van der Waals surface area contributed by atoms with Crippen molar-refractivity contribution in [3.05, 3.63) is 151 Å². The van der Waals surface area contributed by atoms with Crippen molar-refractivity contribution in [1.82, 2.24) is 0 Å². The van der Waals surface area contributed by atoms with Gasteiger partial charge in [0.25, 0.3) is 0 Å². The molecule has 8 rings (SSSR count). The number of nitrogens with zero attached hydrogens (tertiary/aromatic N) is 1. The summed E-state index contributed by atoms with van der Waals surface area (Å²) in [6.07, 6.45) is 0. The second-order valence-electron chi connectivity index (χ2n) is 11.4. The second-order valence-corrected chi connectivity index (χ2v) is 11.4. The maximum absolute atomic E-state index is 6.10. The van der Waals surface area contributed by atoms with Crippen molar-refractivity contribution >= 4 is 39.0 Å². The van der Waals surface area contributed by atoms with Crippen molar-refractivity contribution in [2.45, 2.75) is 19.3 Å². The van der Waals surface area contributed by atoms with Gasteiger partial charge < -0.3 is 9.32 Å². The van der Waals surface area contributed by atoms with Crippen LogP contribution in [0, 0.1) is 0 Å². The predicted octanol–water partition coefficient (Wildman–Crippen LogP) is 11.0. The van der Waals surface area contributed by atoms with Crippen molar-refractivity contribution < 1.29 is 4.42 Å². The van der Waals surface area contributed by atoms with Crippen molar-refractivity contribution in [2.75, 3.05) is 4.90 Å². The smallest absolute Gasteiger partial charge is 0.135 e. The van der Waals surface area contributed by atoms with E-state index in [1.54, 1.807) is 0 Å². The fourth-order valence-corrected chi connectivity index (χ4v) is 6.50. The van der Waals surface area contributed by atoms with Crippen LogP contribution in [-0.2, 0) is 5.41 Å². The van der Waals surface area contributed by atoms with E-state index in [-0.39, 0.29) is 5.41 Å². The number of benzene rings is 6. The van der Waals surface area contributed by atoms with E-state index in [4.69, 9.17) is 4.42 Å². The summed E-state index contributed by atoms with van der Waals surface area (Å²) in [4.78, 5) is 2.42. The maximum Gasteiger partial charge on any atom is 0.135 e. The first-order chi connectivity index (χ1) is 20.1. The highest BCUT2D eigenvalue weighted by atomic mass is 16.3. The van der Waals surface area contributed by atoms with Crippen molar-refractivity contribution in [1.29, 1.82) is 0 Å². The van der Waals surface area contributed by atoms with Gasteiger partial charge in [-0.1, -0.05) is 105 Å². The van der Waals surface area contributed by atoms with Crippen LogP contribution in [-0.4, -0.2) is 0 Å². The van der Waals surface area contributed by atoms with Crippen LogP contribution in [0.15, 0.2) is 144 Å². The minimum atomic E-state index is -0.158. The van der Waals surface area contributed by atoms with Gasteiger partial charge in [0.2, 0.25) is 0 Å². The molecule has 6 aromatic carbocycles. The van der Waals surface area contributed by atoms with E-state index in [0.717, 1.165) is 27.6 Å². The highest BCUT2D eigenvalue weighted by Gasteiger charge is 2.37. The lowest BCUT2D eigenvalue weighted by Gasteiger charge is -2.42. The molecule has 2 nitrogen and oxygen atoms in total. The number of furan rings is 1. The third-order valence-electron chi connectivity index (χ3n) is 8.67. The third kappa shape index (κ3) is 3.72. The first-order valence-electron chi connectivity index (χ1n) is 14.2. The van der Waals surface area contributed by atoms with Crippen LogP contribution in [0.4, 0.5) is 17.1 Å². The quantitative estimate of drug-likeness (QED) is 0.227. The first-order valence-corrected chi connectivity index (χ1v) is 14.2. The van der Waals surface area contributed by atoms with Crippen LogP contribution in [0.1, 0.15) is 25.0 Å². The minimum Gasteiger partial charge on any atom is -0.456 e. The number of hydrogen-bond acceptors (Lipinski definition) is 2. The number of fused-ring (bicyclic) bond motifs is 5. The molecule has 0 fully saturated rings. The zero-order valence-electron chi connectivity index (χ0n) is 23.1. The fourth-order valence-electron chi connectivity index (χ4n) is 6.50. The molecular formula is C39H29NO. The van der Waals surface area contributed by atoms with E-state index in [9.17, 15) is 0 Å². The van der Waals surface area contributed by atoms with Crippen LogP contribution >= 0.6 is 0 Å². The number of para-hydroxylation sites is 2. The molecule has 7 aromatic rings. The molecule has 0 spiro atoms. The molecule has 1 aliphatic rings. The molecule has 0 radical (unpaired) electrons. The van der Waals surface area contributed by atoms with Crippen LogP contribution in [0.25, 0.3) is 44.2 Å². The summed E-state index contributed by atoms with van der Waals surface area (Å²) in [6.45, 7) is 4.69. The molecule has 0 amide bonds. The maximum atomic E-state index is 6.10. The lowest BCUT2D eigenvalue weighted by atomic mass is 9.73. The van der Waals surface area contributed by atoms with Crippen LogP contribution in [0.2, 0.25) is 0 Å². The largest absolute Gasteiger partial charge is 0.456 e. The Kier molecular flexibility index (Phi) is 5.20. The summed E-state index contributed by atoms with van der Waals surface area (Å²) in [6, 6.07) is 50.1. The summed E-state index contributed by atoms with van der Waals surface area (Å²) in [5, 5.41) is 2.31. The molecule has 41 heavy (non-hydrogen) atoms. The zero-order valence-corrected chi connectivity index (χ0v) is 23.1. The number of rotatable bonds is 3. The predicted molar refractivity (Wildman–Crippen MR) is 171 cm³/mol. The van der Waals surface area contributed by atoms with Crippen molar-refractivity contribution in [3.63, 3.8) is 0 Å². The van der Waals surface area contributed by atoms with Crippen molar-refractivity contribution in [2.24, 2.45) is 0 Å². The molecule has 1 aliphatic heterocycles. The van der Waals surface area contributed by atoms with E-state index >= 15 is 0 Å². The molecule has 2 heteroatoms. The van der Waals surface area contributed by atoms with Gasteiger partial charge in [-0.3, -0.25) is 0 Å². The Hall–Kier alpha value is -5.08. The van der Waals surface area contributed by atoms with Crippen LogP contribution < -0.4 is 4.90 Å². The Labute approximate surface area is 240 Å². The average Bonchev–Trinajstić information content (AvgIpc) is 3.40. The van der Waals surface area contributed by atoms with E-state index in [0.29, 0.717) is 0 Å². The van der Waals surface area contributed by atoms with E-state index in [2.05, 4.69) is 146 Å². The second kappa shape index (κ2) is 8.97. The minimum absolute atomic E-state index is 0.158. The molecule has 1 aromatic heterocycles. The Morgan fingerprint density at radius 3 is 1.93 bits per heavy atom. The topological polar surface area (TPSA) is 16.4 Å². The standard InChI is InChI=1S/C39H29NO/c1-39(2)33-13-7-8-14-35(33)40(30-20-16-27(17-21-30)26-10-4-3-5-11-26)36-22-18-29(25-34(36)39)28-19-23-38-32(24-28)31-12-6-9-15-37(31)41-38/h3-25H,1-2H3. The fraction of sp³-hybridized carbons (Fsp3) is 0.0769. The normalized spacial score (nSPS) is 13.8. The summed E-state index contributed by atoms with van der Waals surface area (Å²) in [5.41, 5.74) is 12.8. The molecule has 2 heterocycles. The number of hydrogen-bond donors (Lipinski definition) is 0. The molecular weight excluding hydrogens is 498 g/mol. The van der Waals surface area contributed by atoms with Gasteiger partial charge in [-0.15, -0.1) is 0 Å². The highest BCUT2D eigenvalue weighted by molar-refractivity contribution is 6.06. The monoisotopic (exact) mass is 527 g/mol. The van der Waals surface area contributed by atoms with Gasteiger partial charge in [0.05, 0.1) is 11.4 Å². The molecule has 196 valence electrons. The van der Waals surface area contributed by atoms with Gasteiger partial charge >= 0.3 is 0 Å². The first kappa shape index (κ1) is 23.8. The number of anilines is 3. The molecule has 0 saturated carbocycles. The summed E-state index contributed by atoms with van der Waals surface area (Å²) in [7, 11) is 0. The summed E-state index contributed by atoms with van der Waals surface area (Å²) >= 11 is 0.